The monoisotopic (exact) mass is 221 g/mol. The van der Waals surface area contributed by atoms with Crippen LogP contribution >= 0.6 is 11.8 Å². The first-order chi connectivity index (χ1) is 7.30. The van der Waals surface area contributed by atoms with Crippen LogP contribution < -0.4 is 5.32 Å². The van der Waals surface area contributed by atoms with E-state index < -0.39 is 0 Å². The first-order valence-corrected chi connectivity index (χ1v) is 5.96. The minimum absolute atomic E-state index is 0.265. The highest BCUT2D eigenvalue weighted by Gasteiger charge is 2.44. The quantitative estimate of drug-likeness (QED) is 0.729. The van der Waals surface area contributed by atoms with E-state index in [-0.39, 0.29) is 11.6 Å². The van der Waals surface area contributed by atoms with E-state index in [9.17, 15) is 4.79 Å². The van der Waals surface area contributed by atoms with Crippen LogP contribution in [0.5, 0.6) is 0 Å². The van der Waals surface area contributed by atoms with Gasteiger partial charge in [0.2, 0.25) is 0 Å². The van der Waals surface area contributed by atoms with Crippen LogP contribution in [0.1, 0.15) is 12.0 Å². The number of nitrogens with one attached hydrogen (secondary N) is 1. The average molecular weight is 221 g/mol. The molecule has 2 aliphatic rings. The third-order valence-corrected chi connectivity index (χ3v) is 4.06. The van der Waals surface area contributed by atoms with Gasteiger partial charge in [-0.25, -0.2) is 4.79 Å². The van der Waals surface area contributed by atoms with Crippen LogP contribution in [0.15, 0.2) is 29.2 Å². The number of cyclic esters (lactones) is 1. The number of rotatable bonds is 0. The fraction of sp³-hybridized carbons (Fsp3) is 0.364. The molecule has 0 bridgehead atoms. The van der Waals surface area contributed by atoms with Crippen molar-refractivity contribution in [2.45, 2.75) is 16.9 Å². The lowest BCUT2D eigenvalue weighted by Crippen LogP contribution is -2.42. The molecule has 2 heterocycles. The Morgan fingerprint density at radius 1 is 1.40 bits per heavy atom. The summed E-state index contributed by atoms with van der Waals surface area (Å²) >= 11 is 1.84. The van der Waals surface area contributed by atoms with Gasteiger partial charge in [-0.05, 0) is 18.1 Å². The van der Waals surface area contributed by atoms with Crippen molar-refractivity contribution in [3.63, 3.8) is 0 Å². The summed E-state index contributed by atoms with van der Waals surface area (Å²) in [5.74, 6) is 1.03. The SMILES string of the molecule is O=C1NC2(CCSc3ccccc32)CO1. The highest BCUT2D eigenvalue weighted by Crippen LogP contribution is 2.41. The van der Waals surface area contributed by atoms with Gasteiger partial charge in [0.1, 0.15) is 12.1 Å². The van der Waals surface area contributed by atoms with Crippen LogP contribution in [0.2, 0.25) is 0 Å². The summed E-state index contributed by atoms with van der Waals surface area (Å²) in [7, 11) is 0. The number of fused-ring (bicyclic) bond motifs is 2. The molecule has 15 heavy (non-hydrogen) atoms. The summed E-state index contributed by atoms with van der Waals surface area (Å²) < 4.78 is 5.04. The zero-order chi connectivity index (χ0) is 10.3. The normalized spacial score (nSPS) is 28.4. The number of amides is 1. The lowest BCUT2D eigenvalue weighted by atomic mass is 9.88. The Hall–Kier alpha value is -1.16. The third kappa shape index (κ3) is 1.32. The summed E-state index contributed by atoms with van der Waals surface area (Å²) in [6.45, 7) is 0.462. The molecule has 4 heteroatoms. The molecule has 0 saturated carbocycles. The Balaban J connectivity index is 2.09. The number of carbonyl (C=O) groups is 1. The van der Waals surface area contributed by atoms with Gasteiger partial charge in [0, 0.05) is 10.6 Å². The van der Waals surface area contributed by atoms with Gasteiger partial charge < -0.3 is 10.1 Å². The van der Waals surface area contributed by atoms with Gasteiger partial charge in [-0.1, -0.05) is 18.2 Å². The van der Waals surface area contributed by atoms with E-state index in [1.807, 2.05) is 23.9 Å². The Bertz CT molecular complexity index is 421. The molecule has 78 valence electrons. The van der Waals surface area contributed by atoms with Crippen LogP contribution in [0.4, 0.5) is 4.79 Å². The molecule has 1 atom stereocenters. The van der Waals surface area contributed by atoms with Gasteiger partial charge in [-0.15, -0.1) is 11.8 Å². The third-order valence-electron chi connectivity index (χ3n) is 2.98. The number of ether oxygens (including phenoxy) is 1. The van der Waals surface area contributed by atoms with Crippen molar-refractivity contribution >= 4 is 17.9 Å². The summed E-state index contributed by atoms with van der Waals surface area (Å²) in [6, 6.07) is 8.22. The van der Waals surface area contributed by atoms with Crippen LogP contribution in [-0.4, -0.2) is 18.5 Å². The Morgan fingerprint density at radius 2 is 2.27 bits per heavy atom. The molecule has 1 fully saturated rings. The smallest absolute Gasteiger partial charge is 0.408 e. The van der Waals surface area contributed by atoms with Crippen molar-refractivity contribution in [1.29, 1.82) is 0 Å². The van der Waals surface area contributed by atoms with Crippen molar-refractivity contribution in [3.8, 4) is 0 Å². The van der Waals surface area contributed by atoms with Crippen LogP contribution in [0.25, 0.3) is 0 Å². The van der Waals surface area contributed by atoms with Crippen molar-refractivity contribution in [2.24, 2.45) is 0 Å². The fourth-order valence-corrected chi connectivity index (χ4v) is 3.46. The molecule has 0 aliphatic carbocycles. The van der Waals surface area contributed by atoms with Crippen molar-refractivity contribution in [2.75, 3.05) is 12.4 Å². The largest absolute Gasteiger partial charge is 0.447 e. The highest BCUT2D eigenvalue weighted by atomic mass is 32.2. The second kappa shape index (κ2) is 3.17. The molecule has 1 saturated heterocycles. The maximum atomic E-state index is 11.2. The standard InChI is InChI=1S/C11H11NO2S/c13-10-12-11(7-14-10)5-6-15-9-4-2-1-3-8(9)11/h1-4H,5-7H2,(H,12,13). The number of thioether (sulfide) groups is 1. The van der Waals surface area contributed by atoms with Crippen LogP contribution in [0.3, 0.4) is 0 Å². The zero-order valence-corrected chi connectivity index (χ0v) is 8.97. The number of alkyl carbamates (subject to hydrolysis) is 1. The van der Waals surface area contributed by atoms with Gasteiger partial charge in [-0.3, -0.25) is 0 Å². The lowest BCUT2D eigenvalue weighted by molar-refractivity contribution is 0.171. The van der Waals surface area contributed by atoms with Crippen molar-refractivity contribution in [3.05, 3.63) is 29.8 Å². The maximum Gasteiger partial charge on any atom is 0.408 e. The highest BCUT2D eigenvalue weighted by molar-refractivity contribution is 7.99. The molecular weight excluding hydrogens is 210 g/mol. The number of benzene rings is 1. The molecule has 1 aromatic carbocycles. The van der Waals surface area contributed by atoms with Gasteiger partial charge in [0.05, 0.1) is 0 Å². The van der Waals surface area contributed by atoms with Gasteiger partial charge >= 0.3 is 6.09 Å². The molecule has 1 N–H and O–H groups in total. The van der Waals surface area contributed by atoms with Gasteiger partial charge in [0.25, 0.3) is 0 Å². The molecule has 1 spiro atoms. The topological polar surface area (TPSA) is 38.3 Å². The van der Waals surface area contributed by atoms with E-state index in [0.717, 1.165) is 12.2 Å². The molecule has 2 aliphatic heterocycles. The Labute approximate surface area is 92.2 Å². The first kappa shape index (κ1) is 9.09. The second-order valence-electron chi connectivity index (χ2n) is 3.88. The second-order valence-corrected chi connectivity index (χ2v) is 5.01. The van der Waals surface area contributed by atoms with Crippen LogP contribution in [-0.2, 0) is 10.3 Å². The number of hydrogen-bond acceptors (Lipinski definition) is 3. The molecule has 0 aromatic heterocycles. The number of carbonyl (C=O) groups excluding carboxylic acids is 1. The molecular formula is C11H11NO2S. The Morgan fingerprint density at radius 3 is 3.07 bits per heavy atom. The molecule has 1 amide bonds. The summed E-state index contributed by atoms with van der Waals surface area (Å²) in [5, 5.41) is 2.95. The lowest BCUT2D eigenvalue weighted by Gasteiger charge is -2.32. The minimum atomic E-state index is -0.295. The zero-order valence-electron chi connectivity index (χ0n) is 8.16. The predicted octanol–water partition coefficient (Wildman–Crippen LogP) is 2.12. The fourth-order valence-electron chi connectivity index (χ4n) is 2.19. The van der Waals surface area contributed by atoms with Crippen molar-refractivity contribution in [1.82, 2.24) is 5.32 Å². The summed E-state index contributed by atoms with van der Waals surface area (Å²) in [6.07, 6.45) is 0.650. The summed E-state index contributed by atoms with van der Waals surface area (Å²) in [5.41, 5.74) is 0.936. The van der Waals surface area contributed by atoms with E-state index in [1.54, 1.807) is 0 Å². The first-order valence-electron chi connectivity index (χ1n) is 4.97. The predicted molar refractivity (Wildman–Crippen MR) is 57.9 cm³/mol. The average Bonchev–Trinajstić information content (AvgIpc) is 2.62. The molecule has 3 nitrogen and oxygen atoms in total. The maximum absolute atomic E-state index is 11.2. The van der Waals surface area contributed by atoms with Crippen molar-refractivity contribution < 1.29 is 9.53 Å². The van der Waals surface area contributed by atoms with Gasteiger partial charge in [-0.2, -0.15) is 0 Å². The molecule has 0 radical (unpaired) electrons. The van der Waals surface area contributed by atoms with E-state index in [0.29, 0.717) is 6.61 Å². The van der Waals surface area contributed by atoms with E-state index in [4.69, 9.17) is 4.74 Å². The minimum Gasteiger partial charge on any atom is -0.447 e. The Kier molecular flexibility index (Phi) is 1.92. The van der Waals surface area contributed by atoms with E-state index in [2.05, 4.69) is 17.4 Å². The molecule has 3 rings (SSSR count). The number of hydrogen-bond donors (Lipinski definition) is 1. The molecule has 1 aromatic rings. The van der Waals surface area contributed by atoms with E-state index in [1.165, 1.54) is 10.5 Å². The van der Waals surface area contributed by atoms with Gasteiger partial charge in [0.15, 0.2) is 0 Å². The molecule has 1 unspecified atom stereocenters. The van der Waals surface area contributed by atoms with Crippen LogP contribution in [0, 0.1) is 0 Å². The van der Waals surface area contributed by atoms with E-state index >= 15 is 0 Å². The summed E-state index contributed by atoms with van der Waals surface area (Å²) in [4.78, 5) is 12.4.